The SMILES string of the molecule is NC(=O)C(Cc1ccccc1)C[C@@H](O)C[C@@H](Cc1ccccc1)C(=O)N([C@H]1c2ccccc2C[C@H]1O)[C@H]1c2ccccc2C[C@H]1O. The molecule has 0 saturated carbocycles. The van der Waals surface area contributed by atoms with Crippen molar-refractivity contribution < 1.29 is 24.9 Å². The monoisotopic (exact) mass is 618 g/mol. The molecule has 1 unspecified atom stereocenters. The fraction of sp³-hybridized carbons (Fsp3) is 0.333. The van der Waals surface area contributed by atoms with Crippen LogP contribution in [0.5, 0.6) is 0 Å². The summed E-state index contributed by atoms with van der Waals surface area (Å²) in [5.74, 6) is -2.04. The molecular formula is C39H42N2O5. The van der Waals surface area contributed by atoms with Crippen LogP contribution in [0.25, 0.3) is 0 Å². The molecule has 0 heterocycles. The molecule has 46 heavy (non-hydrogen) atoms. The first-order valence-corrected chi connectivity index (χ1v) is 16.2. The van der Waals surface area contributed by atoms with Gasteiger partial charge < -0.3 is 26.0 Å². The number of hydrogen-bond donors (Lipinski definition) is 4. The van der Waals surface area contributed by atoms with E-state index in [0.29, 0.717) is 25.7 Å². The summed E-state index contributed by atoms with van der Waals surface area (Å²) >= 11 is 0. The maximum atomic E-state index is 15.1. The number of hydrogen-bond acceptors (Lipinski definition) is 5. The minimum absolute atomic E-state index is 0.0950. The van der Waals surface area contributed by atoms with Crippen molar-refractivity contribution in [1.29, 1.82) is 0 Å². The molecular weight excluding hydrogens is 576 g/mol. The summed E-state index contributed by atoms with van der Waals surface area (Å²) in [6.07, 6.45) is -0.925. The van der Waals surface area contributed by atoms with Crippen molar-refractivity contribution in [2.24, 2.45) is 17.6 Å². The third-order valence-corrected chi connectivity index (χ3v) is 9.70. The predicted octanol–water partition coefficient (Wildman–Crippen LogP) is 4.48. The standard InChI is InChI=1S/C39H42N2O5/c40-38(45)29(19-25-11-3-1-4-12-25)21-31(42)22-30(20-26-13-5-2-6-14-26)39(46)41(36-32-17-9-7-15-27(32)23-34(36)43)37-33-18-10-8-16-28(33)24-35(37)44/h1-18,29-31,34-37,42-44H,19-24H2,(H2,40,45)/t29?,30-,31-,34-,35-,36+,37+/m1/s1. The Hall–Kier alpha value is -4.30. The van der Waals surface area contributed by atoms with Gasteiger partial charge in [-0.2, -0.15) is 0 Å². The molecule has 0 radical (unpaired) electrons. The molecule has 2 aliphatic carbocycles. The van der Waals surface area contributed by atoms with Crippen LogP contribution in [-0.4, -0.2) is 50.3 Å². The molecule has 0 aromatic heterocycles. The number of aliphatic hydroxyl groups excluding tert-OH is 3. The number of aliphatic hydroxyl groups is 3. The van der Waals surface area contributed by atoms with E-state index in [1.807, 2.05) is 109 Å². The van der Waals surface area contributed by atoms with Gasteiger partial charge in [-0.05, 0) is 59.1 Å². The molecule has 7 atom stereocenters. The lowest BCUT2D eigenvalue weighted by molar-refractivity contribution is -0.148. The summed E-state index contributed by atoms with van der Waals surface area (Å²) in [7, 11) is 0. The van der Waals surface area contributed by atoms with Crippen LogP contribution in [0.3, 0.4) is 0 Å². The Balaban J connectivity index is 1.35. The van der Waals surface area contributed by atoms with Gasteiger partial charge in [0.15, 0.2) is 0 Å². The van der Waals surface area contributed by atoms with Crippen molar-refractivity contribution in [3.63, 3.8) is 0 Å². The number of carbonyl (C=O) groups excluding carboxylic acids is 2. The highest BCUT2D eigenvalue weighted by Crippen LogP contribution is 2.46. The van der Waals surface area contributed by atoms with Gasteiger partial charge in [-0.15, -0.1) is 0 Å². The summed E-state index contributed by atoms with van der Waals surface area (Å²) < 4.78 is 0. The maximum Gasteiger partial charge on any atom is 0.227 e. The van der Waals surface area contributed by atoms with Crippen molar-refractivity contribution in [3.05, 3.63) is 143 Å². The lowest BCUT2D eigenvalue weighted by Gasteiger charge is -2.41. The molecule has 7 nitrogen and oxygen atoms in total. The fourth-order valence-electron chi connectivity index (χ4n) is 7.56. The van der Waals surface area contributed by atoms with Gasteiger partial charge in [-0.1, -0.05) is 109 Å². The number of carbonyl (C=O) groups is 2. The highest BCUT2D eigenvalue weighted by atomic mass is 16.3. The maximum absolute atomic E-state index is 15.1. The van der Waals surface area contributed by atoms with Crippen LogP contribution in [0.4, 0.5) is 0 Å². The molecule has 0 saturated heterocycles. The van der Waals surface area contributed by atoms with E-state index in [1.54, 1.807) is 4.90 Å². The Morgan fingerprint density at radius 2 is 1.07 bits per heavy atom. The zero-order valence-corrected chi connectivity index (χ0v) is 25.9. The number of amides is 2. The van der Waals surface area contributed by atoms with Gasteiger partial charge in [0.2, 0.25) is 11.8 Å². The van der Waals surface area contributed by atoms with Crippen LogP contribution in [0.15, 0.2) is 109 Å². The van der Waals surface area contributed by atoms with E-state index in [9.17, 15) is 20.1 Å². The summed E-state index contributed by atoms with van der Waals surface area (Å²) in [4.78, 5) is 29.3. The smallest absolute Gasteiger partial charge is 0.227 e. The zero-order chi connectivity index (χ0) is 32.2. The summed E-state index contributed by atoms with van der Waals surface area (Å²) in [6.45, 7) is 0. The van der Waals surface area contributed by atoms with Crippen LogP contribution < -0.4 is 5.73 Å². The van der Waals surface area contributed by atoms with Gasteiger partial charge >= 0.3 is 0 Å². The van der Waals surface area contributed by atoms with E-state index in [-0.39, 0.29) is 18.7 Å². The van der Waals surface area contributed by atoms with Gasteiger partial charge in [0.25, 0.3) is 0 Å². The van der Waals surface area contributed by atoms with E-state index < -0.39 is 48.1 Å². The quantitative estimate of drug-likeness (QED) is 0.187. The number of primary amides is 1. The second kappa shape index (κ2) is 14.0. The molecule has 0 aliphatic heterocycles. The van der Waals surface area contributed by atoms with Gasteiger partial charge in [0.05, 0.1) is 30.4 Å². The molecule has 6 rings (SSSR count). The predicted molar refractivity (Wildman–Crippen MR) is 176 cm³/mol. The Morgan fingerprint density at radius 3 is 1.54 bits per heavy atom. The first-order valence-electron chi connectivity index (χ1n) is 16.2. The minimum Gasteiger partial charge on any atom is -0.393 e. The van der Waals surface area contributed by atoms with E-state index in [1.165, 1.54) is 0 Å². The molecule has 238 valence electrons. The van der Waals surface area contributed by atoms with E-state index in [0.717, 1.165) is 33.4 Å². The van der Waals surface area contributed by atoms with Gasteiger partial charge in [-0.3, -0.25) is 9.59 Å². The molecule has 4 aromatic carbocycles. The Bertz CT molecular complexity index is 1590. The largest absolute Gasteiger partial charge is 0.393 e. The summed E-state index contributed by atoms with van der Waals surface area (Å²) in [6, 6.07) is 33.4. The first-order chi connectivity index (χ1) is 22.3. The highest BCUT2D eigenvalue weighted by molar-refractivity contribution is 5.81. The number of nitrogens with two attached hydrogens (primary N) is 1. The van der Waals surface area contributed by atoms with E-state index >= 15 is 4.79 Å². The van der Waals surface area contributed by atoms with Crippen LogP contribution in [0, 0.1) is 11.8 Å². The number of rotatable bonds is 12. The Kier molecular flexibility index (Phi) is 9.64. The third kappa shape index (κ3) is 6.77. The van der Waals surface area contributed by atoms with Gasteiger partial charge in [0, 0.05) is 24.7 Å². The molecule has 0 bridgehead atoms. The van der Waals surface area contributed by atoms with Crippen molar-refractivity contribution in [2.45, 2.75) is 68.9 Å². The van der Waals surface area contributed by atoms with Crippen LogP contribution in [-0.2, 0) is 35.3 Å². The summed E-state index contributed by atoms with van der Waals surface area (Å²) in [5, 5.41) is 34.5. The van der Waals surface area contributed by atoms with Crippen molar-refractivity contribution >= 4 is 11.8 Å². The molecule has 5 N–H and O–H groups in total. The molecule has 0 spiro atoms. The van der Waals surface area contributed by atoms with Crippen molar-refractivity contribution in [3.8, 4) is 0 Å². The molecule has 7 heteroatoms. The van der Waals surface area contributed by atoms with Gasteiger partial charge in [-0.25, -0.2) is 0 Å². The average molecular weight is 619 g/mol. The topological polar surface area (TPSA) is 124 Å². The highest BCUT2D eigenvalue weighted by Gasteiger charge is 2.47. The fourth-order valence-corrected chi connectivity index (χ4v) is 7.56. The first kappa shape index (κ1) is 31.7. The van der Waals surface area contributed by atoms with Crippen LogP contribution >= 0.6 is 0 Å². The minimum atomic E-state index is -0.984. The van der Waals surface area contributed by atoms with E-state index in [4.69, 9.17) is 5.73 Å². The Labute approximate surface area is 270 Å². The number of fused-ring (bicyclic) bond motifs is 2. The lowest BCUT2D eigenvalue weighted by atomic mass is 9.85. The van der Waals surface area contributed by atoms with Gasteiger partial charge in [0.1, 0.15) is 0 Å². The summed E-state index contributed by atoms with van der Waals surface area (Å²) in [5.41, 5.74) is 11.4. The van der Waals surface area contributed by atoms with Crippen LogP contribution in [0.2, 0.25) is 0 Å². The second-order valence-corrected chi connectivity index (χ2v) is 12.9. The lowest BCUT2D eigenvalue weighted by Crippen LogP contribution is -2.48. The van der Waals surface area contributed by atoms with Crippen molar-refractivity contribution in [1.82, 2.24) is 4.90 Å². The second-order valence-electron chi connectivity index (χ2n) is 12.9. The molecule has 0 fully saturated rings. The molecule has 2 amide bonds. The third-order valence-electron chi connectivity index (χ3n) is 9.70. The van der Waals surface area contributed by atoms with Crippen molar-refractivity contribution in [2.75, 3.05) is 0 Å². The van der Waals surface area contributed by atoms with Crippen LogP contribution in [0.1, 0.15) is 58.3 Å². The number of nitrogens with zero attached hydrogens (tertiary/aromatic N) is 1. The molecule has 4 aromatic rings. The average Bonchev–Trinajstić information content (AvgIpc) is 3.57. The normalized spacial score (nSPS) is 22.0. The van der Waals surface area contributed by atoms with E-state index in [2.05, 4.69) is 0 Å². The zero-order valence-electron chi connectivity index (χ0n) is 25.9. The Morgan fingerprint density at radius 1 is 0.652 bits per heavy atom. The molecule has 2 aliphatic rings. The number of benzene rings is 4.